The maximum Gasteiger partial charge on any atom is 0.363 e. The molecule has 0 fully saturated rings. The summed E-state index contributed by atoms with van der Waals surface area (Å²) < 4.78 is 6.07. The summed E-state index contributed by atoms with van der Waals surface area (Å²) in [5, 5.41) is 11.4. The van der Waals surface area contributed by atoms with Gasteiger partial charge in [0.15, 0.2) is 5.70 Å². The number of nitro benzene ring substituents is 1. The largest absolute Gasteiger partial charge is 0.402 e. The summed E-state index contributed by atoms with van der Waals surface area (Å²) in [5.41, 5.74) is 0.656. The molecule has 126 valence electrons. The van der Waals surface area contributed by atoms with Crippen molar-refractivity contribution in [2.24, 2.45) is 4.99 Å². The summed E-state index contributed by atoms with van der Waals surface area (Å²) in [6.45, 7) is 0. The van der Waals surface area contributed by atoms with Crippen LogP contribution >= 0.6 is 45.8 Å². The molecule has 1 heterocycles. The quantitative estimate of drug-likeness (QED) is 0.203. The Morgan fingerprint density at radius 1 is 1.16 bits per heavy atom. The third-order valence-corrected chi connectivity index (χ3v) is 4.57. The van der Waals surface area contributed by atoms with E-state index in [0.29, 0.717) is 16.1 Å². The van der Waals surface area contributed by atoms with Crippen LogP contribution < -0.4 is 0 Å². The highest BCUT2D eigenvalue weighted by molar-refractivity contribution is 14.1. The molecule has 0 unspecified atom stereocenters. The van der Waals surface area contributed by atoms with Gasteiger partial charge in [-0.1, -0.05) is 29.3 Å². The van der Waals surface area contributed by atoms with Crippen molar-refractivity contribution < 1.29 is 14.5 Å². The zero-order valence-corrected chi connectivity index (χ0v) is 15.9. The molecule has 0 spiro atoms. The van der Waals surface area contributed by atoms with Gasteiger partial charge >= 0.3 is 5.97 Å². The normalized spacial score (nSPS) is 15.2. The van der Waals surface area contributed by atoms with Crippen molar-refractivity contribution in [3.63, 3.8) is 0 Å². The predicted octanol–water partition coefficient (Wildman–Crippen LogP) is 4.85. The molecule has 0 aliphatic carbocycles. The van der Waals surface area contributed by atoms with Crippen molar-refractivity contribution >= 4 is 69.4 Å². The molecule has 2 aromatic rings. The van der Waals surface area contributed by atoms with E-state index >= 15 is 0 Å². The number of cyclic esters (lactones) is 1. The van der Waals surface area contributed by atoms with Crippen LogP contribution in [0.2, 0.25) is 10.0 Å². The smallest absolute Gasteiger partial charge is 0.363 e. The number of esters is 1. The minimum atomic E-state index is -0.664. The monoisotopic (exact) mass is 488 g/mol. The van der Waals surface area contributed by atoms with Gasteiger partial charge in [-0.25, -0.2) is 9.79 Å². The molecular weight excluding hydrogens is 482 g/mol. The Hall–Kier alpha value is -1.97. The standard InChI is InChI=1S/C16H7Cl2IN2O4/c17-11-4-2-9(19)7-10(11)15-20-13(16(22)25-15)5-8-1-3-12(18)14(6-8)21(23)24/h1-7H. The van der Waals surface area contributed by atoms with Gasteiger partial charge in [0, 0.05) is 9.64 Å². The van der Waals surface area contributed by atoms with Gasteiger partial charge in [-0.15, -0.1) is 0 Å². The summed E-state index contributed by atoms with van der Waals surface area (Å²) in [6, 6.07) is 9.42. The topological polar surface area (TPSA) is 81.8 Å². The van der Waals surface area contributed by atoms with E-state index in [1.54, 1.807) is 18.2 Å². The lowest BCUT2D eigenvalue weighted by molar-refractivity contribution is -0.384. The van der Waals surface area contributed by atoms with Crippen LogP contribution in [0.15, 0.2) is 47.1 Å². The molecule has 2 aromatic carbocycles. The van der Waals surface area contributed by atoms with Gasteiger partial charge in [0.25, 0.3) is 5.69 Å². The van der Waals surface area contributed by atoms with E-state index in [2.05, 4.69) is 27.6 Å². The summed E-state index contributed by atoms with van der Waals surface area (Å²) in [5.74, 6) is -0.578. The second kappa shape index (κ2) is 7.11. The Morgan fingerprint density at radius 2 is 1.88 bits per heavy atom. The predicted molar refractivity (Wildman–Crippen MR) is 103 cm³/mol. The maximum atomic E-state index is 12.0. The fourth-order valence-corrected chi connectivity index (χ4v) is 2.98. The zero-order chi connectivity index (χ0) is 18.1. The van der Waals surface area contributed by atoms with Crippen molar-refractivity contribution in [1.82, 2.24) is 0 Å². The second-order valence-corrected chi connectivity index (χ2v) is 6.99. The third-order valence-electron chi connectivity index (χ3n) is 3.25. The lowest BCUT2D eigenvalue weighted by Gasteiger charge is -2.02. The Kier molecular flexibility index (Phi) is 5.07. The number of rotatable bonds is 3. The summed E-state index contributed by atoms with van der Waals surface area (Å²) >= 11 is 14.0. The van der Waals surface area contributed by atoms with Crippen LogP contribution in [-0.4, -0.2) is 16.8 Å². The van der Waals surface area contributed by atoms with E-state index in [1.165, 1.54) is 18.2 Å². The number of carbonyl (C=O) groups is 1. The SMILES string of the molecule is O=C1OC(c2cc(I)ccc2Cl)=NC1=Cc1ccc(Cl)c([N+](=O)[O-])c1. The van der Waals surface area contributed by atoms with Crippen LogP contribution in [0.1, 0.15) is 11.1 Å². The van der Waals surface area contributed by atoms with Crippen LogP contribution in [0, 0.1) is 13.7 Å². The van der Waals surface area contributed by atoms with Crippen molar-refractivity contribution in [2.45, 2.75) is 0 Å². The van der Waals surface area contributed by atoms with Crippen LogP contribution in [0.5, 0.6) is 0 Å². The lowest BCUT2D eigenvalue weighted by Crippen LogP contribution is -2.06. The molecule has 0 saturated carbocycles. The van der Waals surface area contributed by atoms with E-state index in [0.717, 1.165) is 3.57 Å². The van der Waals surface area contributed by atoms with Crippen molar-refractivity contribution in [1.29, 1.82) is 0 Å². The number of carbonyl (C=O) groups excluding carboxylic acids is 1. The molecule has 1 aliphatic rings. The molecule has 1 aliphatic heterocycles. The molecule has 0 saturated heterocycles. The summed E-state index contributed by atoms with van der Waals surface area (Å²) in [4.78, 5) is 26.5. The first-order valence-electron chi connectivity index (χ1n) is 6.77. The molecule has 9 heteroatoms. The minimum absolute atomic E-state index is 0.0102. The molecule has 0 aromatic heterocycles. The van der Waals surface area contributed by atoms with Crippen molar-refractivity contribution in [3.8, 4) is 0 Å². The maximum absolute atomic E-state index is 12.0. The number of ether oxygens (including phenoxy) is 1. The molecule has 0 amide bonds. The first-order valence-corrected chi connectivity index (χ1v) is 8.60. The van der Waals surface area contributed by atoms with Crippen LogP contribution in [0.4, 0.5) is 5.69 Å². The van der Waals surface area contributed by atoms with Gasteiger partial charge in [-0.05, 0) is 58.5 Å². The number of halogens is 3. The number of nitrogens with zero attached hydrogens (tertiary/aromatic N) is 2. The third kappa shape index (κ3) is 3.83. The van der Waals surface area contributed by atoms with Crippen molar-refractivity contribution in [3.05, 3.63) is 77.0 Å². The van der Waals surface area contributed by atoms with E-state index in [-0.39, 0.29) is 22.3 Å². The van der Waals surface area contributed by atoms with Gasteiger partial charge in [-0.2, -0.15) is 0 Å². The lowest BCUT2D eigenvalue weighted by atomic mass is 10.1. The fraction of sp³-hybridized carbons (Fsp3) is 0. The highest BCUT2D eigenvalue weighted by Gasteiger charge is 2.26. The van der Waals surface area contributed by atoms with E-state index < -0.39 is 10.9 Å². The number of hydrogen-bond acceptors (Lipinski definition) is 5. The first kappa shape index (κ1) is 17.8. The van der Waals surface area contributed by atoms with E-state index in [9.17, 15) is 14.9 Å². The summed E-state index contributed by atoms with van der Waals surface area (Å²) in [7, 11) is 0. The number of aliphatic imine (C=N–C) groups is 1. The molecule has 25 heavy (non-hydrogen) atoms. The fourth-order valence-electron chi connectivity index (χ4n) is 2.10. The number of nitro groups is 1. The molecule has 3 rings (SSSR count). The molecule has 0 bridgehead atoms. The van der Waals surface area contributed by atoms with Gasteiger partial charge < -0.3 is 4.74 Å². The van der Waals surface area contributed by atoms with Crippen LogP contribution in [0.3, 0.4) is 0 Å². The van der Waals surface area contributed by atoms with Gasteiger partial charge in [0.05, 0.1) is 15.5 Å². The van der Waals surface area contributed by atoms with Gasteiger partial charge in [-0.3, -0.25) is 10.1 Å². The van der Waals surface area contributed by atoms with Gasteiger partial charge in [0.2, 0.25) is 5.90 Å². The zero-order valence-electron chi connectivity index (χ0n) is 12.2. The average Bonchev–Trinajstić information content (AvgIpc) is 2.92. The molecule has 0 N–H and O–H groups in total. The van der Waals surface area contributed by atoms with Gasteiger partial charge in [0.1, 0.15) is 5.02 Å². The number of hydrogen-bond donors (Lipinski definition) is 0. The van der Waals surface area contributed by atoms with Crippen LogP contribution in [-0.2, 0) is 9.53 Å². The van der Waals surface area contributed by atoms with E-state index in [1.807, 2.05) is 6.07 Å². The molecular formula is C16H7Cl2IN2O4. The van der Waals surface area contributed by atoms with Crippen molar-refractivity contribution in [2.75, 3.05) is 0 Å². The number of benzene rings is 2. The average molecular weight is 489 g/mol. The van der Waals surface area contributed by atoms with E-state index in [4.69, 9.17) is 27.9 Å². The van der Waals surface area contributed by atoms with Crippen LogP contribution in [0.25, 0.3) is 6.08 Å². The Morgan fingerprint density at radius 3 is 2.60 bits per heavy atom. The molecule has 6 nitrogen and oxygen atoms in total. The second-order valence-electron chi connectivity index (χ2n) is 4.93. The Bertz CT molecular complexity index is 973. The summed E-state index contributed by atoms with van der Waals surface area (Å²) in [6.07, 6.45) is 1.39. The molecule has 0 atom stereocenters. The molecule has 0 radical (unpaired) electrons. The minimum Gasteiger partial charge on any atom is -0.402 e. The Labute approximate surface area is 165 Å². The highest BCUT2D eigenvalue weighted by Crippen LogP contribution is 2.28. The highest BCUT2D eigenvalue weighted by atomic mass is 127. The first-order chi connectivity index (χ1) is 11.8. The Balaban J connectivity index is 2.00.